The first-order chi connectivity index (χ1) is 12.4. The molecular weight excluding hydrogens is 308 g/mol. The van der Waals surface area contributed by atoms with Crippen molar-refractivity contribution in [2.24, 2.45) is 0 Å². The fourth-order valence-electron chi connectivity index (χ4n) is 3.70. The van der Waals surface area contributed by atoms with Gasteiger partial charge < -0.3 is 4.74 Å². The largest absolute Gasteiger partial charge is 0.494 e. The molecule has 2 aromatic carbocycles. The Morgan fingerprint density at radius 1 is 0.960 bits per heavy atom. The molecule has 0 atom stereocenters. The number of fused-ring (bicyclic) bond motifs is 1. The zero-order chi connectivity index (χ0) is 17.1. The normalized spacial score (nSPS) is 14.0. The fourth-order valence-corrected chi connectivity index (χ4v) is 3.70. The van der Waals surface area contributed by atoms with E-state index in [1.807, 2.05) is 6.92 Å². The summed E-state index contributed by atoms with van der Waals surface area (Å²) in [6.07, 6.45) is 7.25. The second kappa shape index (κ2) is 7.14. The van der Waals surface area contributed by atoms with Gasteiger partial charge in [0.2, 0.25) is 0 Å². The zero-order valence-electron chi connectivity index (χ0n) is 14.8. The molecule has 3 aromatic rings. The highest BCUT2D eigenvalue weighted by Crippen LogP contribution is 2.25. The molecule has 2 heterocycles. The Kier molecular flexibility index (Phi) is 4.55. The summed E-state index contributed by atoms with van der Waals surface area (Å²) in [6, 6.07) is 19.2. The van der Waals surface area contributed by atoms with Gasteiger partial charge in [-0.25, -0.2) is 4.57 Å². The number of nitrogens with zero attached hydrogens (tertiary/aromatic N) is 2. The zero-order valence-corrected chi connectivity index (χ0v) is 14.8. The SMILES string of the molecule is CCOc1ccc(-c2cn(-c3ccccc3)c3[n+]2CCCCC3)cc1. The highest BCUT2D eigenvalue weighted by atomic mass is 16.5. The van der Waals surface area contributed by atoms with Crippen molar-refractivity contribution in [2.45, 2.75) is 39.2 Å². The third-order valence-electron chi connectivity index (χ3n) is 4.91. The predicted octanol–water partition coefficient (Wildman–Crippen LogP) is 4.56. The Morgan fingerprint density at radius 3 is 2.52 bits per heavy atom. The van der Waals surface area contributed by atoms with Crippen molar-refractivity contribution in [3.05, 3.63) is 66.6 Å². The number of benzene rings is 2. The summed E-state index contributed by atoms with van der Waals surface area (Å²) in [4.78, 5) is 0. The van der Waals surface area contributed by atoms with Gasteiger partial charge in [-0.05, 0) is 62.6 Å². The van der Waals surface area contributed by atoms with E-state index in [0.29, 0.717) is 6.61 Å². The Balaban J connectivity index is 1.81. The van der Waals surface area contributed by atoms with Gasteiger partial charge in [0, 0.05) is 12.0 Å². The predicted molar refractivity (Wildman–Crippen MR) is 100 cm³/mol. The maximum atomic E-state index is 5.59. The van der Waals surface area contributed by atoms with Gasteiger partial charge in [0.15, 0.2) is 5.69 Å². The minimum absolute atomic E-state index is 0.702. The van der Waals surface area contributed by atoms with Gasteiger partial charge in [-0.3, -0.25) is 0 Å². The molecule has 0 bridgehead atoms. The molecule has 3 heteroatoms. The van der Waals surface area contributed by atoms with Crippen molar-refractivity contribution in [1.82, 2.24) is 4.57 Å². The Labute approximate surface area is 149 Å². The molecule has 25 heavy (non-hydrogen) atoms. The number of hydrogen-bond acceptors (Lipinski definition) is 1. The maximum absolute atomic E-state index is 5.59. The van der Waals surface area contributed by atoms with Crippen LogP contribution in [0.4, 0.5) is 0 Å². The Morgan fingerprint density at radius 2 is 1.76 bits per heavy atom. The second-order valence-electron chi connectivity index (χ2n) is 6.56. The van der Waals surface area contributed by atoms with Crippen LogP contribution < -0.4 is 9.30 Å². The van der Waals surface area contributed by atoms with Crippen molar-refractivity contribution < 1.29 is 9.30 Å². The monoisotopic (exact) mass is 333 g/mol. The van der Waals surface area contributed by atoms with E-state index < -0.39 is 0 Å². The van der Waals surface area contributed by atoms with Crippen molar-refractivity contribution in [3.63, 3.8) is 0 Å². The summed E-state index contributed by atoms with van der Waals surface area (Å²) < 4.78 is 10.5. The Bertz CT molecular complexity index is 834. The minimum Gasteiger partial charge on any atom is -0.494 e. The van der Waals surface area contributed by atoms with Gasteiger partial charge in [-0.15, -0.1) is 0 Å². The molecule has 1 aliphatic heterocycles. The number of hydrogen-bond donors (Lipinski definition) is 0. The summed E-state index contributed by atoms with van der Waals surface area (Å²) in [6.45, 7) is 3.81. The lowest BCUT2D eigenvalue weighted by atomic mass is 10.1. The number of rotatable bonds is 4. The summed E-state index contributed by atoms with van der Waals surface area (Å²) >= 11 is 0. The van der Waals surface area contributed by atoms with Crippen molar-refractivity contribution in [3.8, 4) is 22.7 Å². The number of imidazole rings is 1. The van der Waals surface area contributed by atoms with Crippen LogP contribution in [0.1, 0.15) is 32.0 Å². The molecule has 0 aliphatic carbocycles. The molecule has 0 spiro atoms. The molecule has 3 nitrogen and oxygen atoms in total. The first kappa shape index (κ1) is 15.9. The third kappa shape index (κ3) is 3.19. The fraction of sp³-hybridized carbons (Fsp3) is 0.318. The van der Waals surface area contributed by atoms with Crippen LogP contribution in [-0.2, 0) is 13.0 Å². The lowest BCUT2D eigenvalue weighted by Gasteiger charge is -2.05. The van der Waals surface area contributed by atoms with Crippen LogP contribution in [0.25, 0.3) is 16.9 Å². The molecule has 0 N–H and O–H groups in total. The number of para-hydroxylation sites is 1. The van der Waals surface area contributed by atoms with Crippen molar-refractivity contribution in [1.29, 1.82) is 0 Å². The number of aromatic nitrogens is 2. The van der Waals surface area contributed by atoms with Crippen LogP contribution in [0.2, 0.25) is 0 Å². The average molecular weight is 333 g/mol. The lowest BCUT2D eigenvalue weighted by Crippen LogP contribution is -2.38. The molecule has 1 aliphatic rings. The van der Waals surface area contributed by atoms with E-state index in [1.165, 1.54) is 42.0 Å². The highest BCUT2D eigenvalue weighted by Gasteiger charge is 2.26. The van der Waals surface area contributed by atoms with Gasteiger partial charge in [-0.2, -0.15) is 4.57 Å². The average Bonchev–Trinajstić information content (AvgIpc) is 2.85. The standard InChI is InChI=1S/C22H25N2O/c1-2-25-20-14-12-18(13-15-20)21-17-24(19-9-5-3-6-10-19)22-11-7-4-8-16-23(21)22/h3,5-6,9-10,12-15,17H,2,4,7-8,11,16H2,1H3/q+1. The molecular formula is C22H25N2O+. The van der Waals surface area contributed by atoms with Crippen molar-refractivity contribution >= 4 is 0 Å². The van der Waals surface area contributed by atoms with Crippen LogP contribution in [0.5, 0.6) is 5.75 Å². The van der Waals surface area contributed by atoms with E-state index in [0.717, 1.165) is 18.7 Å². The smallest absolute Gasteiger partial charge is 0.262 e. The van der Waals surface area contributed by atoms with E-state index in [9.17, 15) is 0 Å². The molecule has 0 radical (unpaired) electrons. The van der Waals surface area contributed by atoms with Crippen LogP contribution in [-0.4, -0.2) is 11.2 Å². The highest BCUT2D eigenvalue weighted by molar-refractivity contribution is 5.57. The maximum Gasteiger partial charge on any atom is 0.262 e. The van der Waals surface area contributed by atoms with Gasteiger partial charge in [0.05, 0.1) is 13.2 Å². The summed E-state index contributed by atoms with van der Waals surface area (Å²) in [5.41, 5.74) is 3.79. The van der Waals surface area contributed by atoms with E-state index in [2.05, 4.69) is 69.9 Å². The van der Waals surface area contributed by atoms with Gasteiger partial charge in [0.25, 0.3) is 5.82 Å². The van der Waals surface area contributed by atoms with Crippen LogP contribution in [0, 0.1) is 0 Å². The van der Waals surface area contributed by atoms with Gasteiger partial charge in [0.1, 0.15) is 17.6 Å². The van der Waals surface area contributed by atoms with E-state index in [4.69, 9.17) is 4.74 Å². The van der Waals surface area contributed by atoms with Crippen LogP contribution >= 0.6 is 0 Å². The van der Waals surface area contributed by atoms with Crippen molar-refractivity contribution in [2.75, 3.05) is 6.61 Å². The molecule has 0 fully saturated rings. The topological polar surface area (TPSA) is 18.0 Å². The van der Waals surface area contributed by atoms with Crippen LogP contribution in [0.15, 0.2) is 60.8 Å². The minimum atomic E-state index is 0.702. The third-order valence-corrected chi connectivity index (χ3v) is 4.91. The second-order valence-corrected chi connectivity index (χ2v) is 6.56. The van der Waals surface area contributed by atoms with E-state index in [-0.39, 0.29) is 0 Å². The number of ether oxygens (including phenoxy) is 1. The first-order valence-electron chi connectivity index (χ1n) is 9.29. The van der Waals surface area contributed by atoms with E-state index >= 15 is 0 Å². The first-order valence-corrected chi connectivity index (χ1v) is 9.29. The van der Waals surface area contributed by atoms with Gasteiger partial charge in [-0.1, -0.05) is 18.2 Å². The Hall–Kier alpha value is -2.55. The molecule has 0 saturated heterocycles. The quantitative estimate of drug-likeness (QED) is 0.640. The molecule has 128 valence electrons. The summed E-state index contributed by atoms with van der Waals surface area (Å²) in [7, 11) is 0. The molecule has 0 unspecified atom stereocenters. The molecule has 0 amide bonds. The molecule has 0 saturated carbocycles. The summed E-state index contributed by atoms with van der Waals surface area (Å²) in [5, 5.41) is 0. The summed E-state index contributed by atoms with van der Waals surface area (Å²) in [5.74, 6) is 2.34. The lowest BCUT2D eigenvalue weighted by molar-refractivity contribution is -0.692. The van der Waals surface area contributed by atoms with Crippen LogP contribution in [0.3, 0.4) is 0 Å². The van der Waals surface area contributed by atoms with Gasteiger partial charge >= 0.3 is 0 Å². The molecule has 1 aromatic heterocycles. The van der Waals surface area contributed by atoms with E-state index in [1.54, 1.807) is 0 Å². The molecule has 4 rings (SSSR count).